The van der Waals surface area contributed by atoms with Gasteiger partial charge in [-0.3, -0.25) is 0 Å². The Labute approximate surface area is 106 Å². The van der Waals surface area contributed by atoms with Gasteiger partial charge in [-0.15, -0.1) is 0 Å². The van der Waals surface area contributed by atoms with Crippen molar-refractivity contribution in [3.8, 4) is 0 Å². The van der Waals surface area contributed by atoms with Crippen molar-refractivity contribution in [1.29, 1.82) is 0 Å². The Kier molecular flexibility index (Phi) is 3.11. The quantitative estimate of drug-likeness (QED) is 0.890. The topological polar surface area (TPSA) is 43.8 Å². The molecular formula is C13H16ClN3. The summed E-state index contributed by atoms with van der Waals surface area (Å²) in [7, 11) is 1.93. The molecule has 0 saturated heterocycles. The summed E-state index contributed by atoms with van der Waals surface area (Å²) in [5.74, 6) is 0.552. The molecule has 4 heteroatoms. The molecule has 0 amide bonds. The van der Waals surface area contributed by atoms with E-state index in [1.165, 1.54) is 5.56 Å². The average molecular weight is 250 g/mol. The Morgan fingerprint density at radius 3 is 2.59 bits per heavy atom. The van der Waals surface area contributed by atoms with Crippen LogP contribution in [0, 0.1) is 13.8 Å². The fraction of sp³-hybridized carbons (Fsp3) is 0.308. The van der Waals surface area contributed by atoms with E-state index in [2.05, 4.69) is 11.1 Å². The highest BCUT2D eigenvalue weighted by molar-refractivity contribution is 6.31. The predicted octanol–water partition coefficient (Wildman–Crippen LogP) is 2.86. The molecule has 2 N–H and O–H groups in total. The number of nitrogen functional groups attached to an aromatic ring is 1. The highest BCUT2D eigenvalue weighted by Gasteiger charge is 2.10. The van der Waals surface area contributed by atoms with E-state index in [1.807, 2.05) is 37.6 Å². The summed E-state index contributed by atoms with van der Waals surface area (Å²) in [5, 5.41) is 0.801. The molecule has 1 heterocycles. The van der Waals surface area contributed by atoms with Gasteiger partial charge in [-0.25, -0.2) is 4.98 Å². The number of aromatic nitrogens is 2. The third-order valence-electron chi connectivity index (χ3n) is 3.06. The van der Waals surface area contributed by atoms with Crippen molar-refractivity contribution in [3.05, 3.63) is 45.7 Å². The van der Waals surface area contributed by atoms with Crippen molar-refractivity contribution in [3.63, 3.8) is 0 Å². The Bertz CT molecular complexity index is 558. The van der Waals surface area contributed by atoms with Crippen molar-refractivity contribution in [2.24, 2.45) is 7.05 Å². The molecule has 0 fully saturated rings. The van der Waals surface area contributed by atoms with Gasteiger partial charge in [0.1, 0.15) is 0 Å². The molecule has 0 aliphatic rings. The summed E-state index contributed by atoms with van der Waals surface area (Å²) in [6.45, 7) is 3.97. The average Bonchev–Trinajstić information content (AvgIpc) is 2.50. The number of nitrogens with zero attached hydrogens (tertiary/aromatic N) is 2. The van der Waals surface area contributed by atoms with Crippen molar-refractivity contribution >= 4 is 17.5 Å². The molecule has 0 saturated carbocycles. The van der Waals surface area contributed by atoms with Crippen molar-refractivity contribution in [1.82, 2.24) is 9.55 Å². The molecule has 0 radical (unpaired) electrons. The predicted molar refractivity (Wildman–Crippen MR) is 71.4 cm³/mol. The van der Waals surface area contributed by atoms with Gasteiger partial charge in [0.2, 0.25) is 0 Å². The number of aryl methyl sites for hydroxylation is 2. The first-order chi connectivity index (χ1) is 7.99. The minimum atomic E-state index is 0.552. The minimum absolute atomic E-state index is 0.552. The molecule has 1 aromatic heterocycles. The summed E-state index contributed by atoms with van der Waals surface area (Å²) in [6.07, 6.45) is 0.798. The number of anilines is 1. The van der Waals surface area contributed by atoms with Gasteiger partial charge in [-0.2, -0.15) is 0 Å². The number of rotatable bonds is 2. The summed E-state index contributed by atoms with van der Waals surface area (Å²) < 4.78 is 1.92. The Balaban J connectivity index is 2.34. The minimum Gasteiger partial charge on any atom is -0.369 e. The van der Waals surface area contributed by atoms with Crippen LogP contribution in [0.25, 0.3) is 0 Å². The van der Waals surface area contributed by atoms with Crippen LogP contribution in [-0.4, -0.2) is 9.55 Å². The van der Waals surface area contributed by atoms with Crippen LogP contribution >= 0.6 is 11.6 Å². The first kappa shape index (κ1) is 12.0. The van der Waals surface area contributed by atoms with Crippen molar-refractivity contribution < 1.29 is 0 Å². The number of imidazole rings is 1. The number of hydrogen-bond donors (Lipinski definition) is 1. The first-order valence-electron chi connectivity index (χ1n) is 5.51. The molecular weight excluding hydrogens is 234 g/mol. The van der Waals surface area contributed by atoms with Gasteiger partial charge in [0.15, 0.2) is 5.95 Å². The van der Waals surface area contributed by atoms with Gasteiger partial charge < -0.3 is 10.3 Å². The highest BCUT2D eigenvalue weighted by Crippen LogP contribution is 2.21. The fourth-order valence-corrected chi connectivity index (χ4v) is 2.08. The zero-order valence-electron chi connectivity index (χ0n) is 10.3. The normalized spacial score (nSPS) is 10.8. The summed E-state index contributed by atoms with van der Waals surface area (Å²) >= 11 is 6.12. The van der Waals surface area contributed by atoms with E-state index in [-0.39, 0.29) is 0 Å². The third-order valence-corrected chi connectivity index (χ3v) is 3.46. The number of hydrogen-bond acceptors (Lipinski definition) is 2. The van der Waals surface area contributed by atoms with Crippen molar-refractivity contribution in [2.45, 2.75) is 20.3 Å². The van der Waals surface area contributed by atoms with Crippen LogP contribution in [0.1, 0.15) is 22.5 Å². The summed E-state index contributed by atoms with van der Waals surface area (Å²) in [6, 6.07) is 6.12. The lowest BCUT2D eigenvalue weighted by Gasteiger charge is -2.06. The maximum absolute atomic E-state index is 6.12. The standard InChI is InChI=1S/C13H16ClN3/c1-8-4-5-10(6-11(8)14)7-12-9(2)16-13(15)17(12)3/h4-6H,7H2,1-3H3,(H2,15,16). The van der Waals surface area contributed by atoms with Gasteiger partial charge in [0.05, 0.1) is 5.69 Å². The van der Waals surface area contributed by atoms with E-state index >= 15 is 0 Å². The van der Waals surface area contributed by atoms with E-state index in [1.54, 1.807) is 0 Å². The molecule has 90 valence electrons. The number of nitrogens with two attached hydrogens (primary N) is 1. The van der Waals surface area contributed by atoms with Gasteiger partial charge >= 0.3 is 0 Å². The summed E-state index contributed by atoms with van der Waals surface area (Å²) in [4.78, 5) is 4.25. The molecule has 3 nitrogen and oxygen atoms in total. The monoisotopic (exact) mass is 249 g/mol. The van der Waals surface area contributed by atoms with Crippen LogP contribution < -0.4 is 5.73 Å². The molecule has 0 aliphatic heterocycles. The first-order valence-corrected chi connectivity index (χ1v) is 5.89. The van der Waals surface area contributed by atoms with Gasteiger partial charge in [0.25, 0.3) is 0 Å². The van der Waals surface area contributed by atoms with E-state index in [0.717, 1.165) is 28.4 Å². The van der Waals surface area contributed by atoms with E-state index in [4.69, 9.17) is 17.3 Å². The highest BCUT2D eigenvalue weighted by atomic mass is 35.5. The Morgan fingerprint density at radius 1 is 1.35 bits per heavy atom. The second-order valence-corrected chi connectivity index (χ2v) is 4.73. The van der Waals surface area contributed by atoms with E-state index in [9.17, 15) is 0 Å². The maximum Gasteiger partial charge on any atom is 0.200 e. The summed E-state index contributed by atoms with van der Waals surface area (Å²) in [5.41, 5.74) is 10.1. The number of benzene rings is 1. The molecule has 0 aliphatic carbocycles. The van der Waals surface area contributed by atoms with Crippen LogP contribution in [-0.2, 0) is 13.5 Å². The number of halogens is 1. The second kappa shape index (κ2) is 4.41. The lowest BCUT2D eigenvalue weighted by atomic mass is 10.1. The molecule has 17 heavy (non-hydrogen) atoms. The molecule has 0 bridgehead atoms. The van der Waals surface area contributed by atoms with Crippen LogP contribution in [0.5, 0.6) is 0 Å². The SMILES string of the molecule is Cc1ccc(Cc2c(C)nc(N)n2C)cc1Cl. The lowest BCUT2D eigenvalue weighted by Crippen LogP contribution is -2.02. The lowest BCUT2D eigenvalue weighted by molar-refractivity contribution is 0.853. The van der Waals surface area contributed by atoms with Crippen LogP contribution in [0.3, 0.4) is 0 Å². The van der Waals surface area contributed by atoms with E-state index < -0.39 is 0 Å². The molecule has 1 aromatic carbocycles. The maximum atomic E-state index is 6.12. The molecule has 0 unspecified atom stereocenters. The van der Waals surface area contributed by atoms with Crippen LogP contribution in [0.4, 0.5) is 5.95 Å². The van der Waals surface area contributed by atoms with Gasteiger partial charge in [0, 0.05) is 24.2 Å². The van der Waals surface area contributed by atoms with E-state index in [0.29, 0.717) is 5.95 Å². The van der Waals surface area contributed by atoms with Gasteiger partial charge in [-0.05, 0) is 31.0 Å². The zero-order valence-corrected chi connectivity index (χ0v) is 11.0. The smallest absolute Gasteiger partial charge is 0.200 e. The second-order valence-electron chi connectivity index (χ2n) is 4.32. The molecule has 0 spiro atoms. The Morgan fingerprint density at radius 2 is 2.06 bits per heavy atom. The molecule has 2 rings (SSSR count). The van der Waals surface area contributed by atoms with Crippen LogP contribution in [0.15, 0.2) is 18.2 Å². The third kappa shape index (κ3) is 2.29. The van der Waals surface area contributed by atoms with Crippen LogP contribution in [0.2, 0.25) is 5.02 Å². The zero-order chi connectivity index (χ0) is 12.6. The largest absolute Gasteiger partial charge is 0.369 e. The van der Waals surface area contributed by atoms with Crippen molar-refractivity contribution in [2.75, 3.05) is 5.73 Å². The fourth-order valence-electron chi connectivity index (χ4n) is 1.88. The Hall–Kier alpha value is -1.48. The molecule has 0 atom stereocenters. The van der Waals surface area contributed by atoms with Gasteiger partial charge in [-0.1, -0.05) is 23.7 Å². The molecule has 2 aromatic rings.